The Morgan fingerprint density at radius 3 is 2.09 bits per heavy atom. The van der Waals surface area contributed by atoms with E-state index in [2.05, 4.69) is 31.8 Å². The molecule has 2 N–H and O–H groups in total. The molecule has 1 amide bonds. The highest BCUT2D eigenvalue weighted by molar-refractivity contribution is 6.94. The maximum Gasteiger partial charge on any atom is 0.249 e. The van der Waals surface area contributed by atoms with Crippen LogP contribution in [0.15, 0.2) is 48.5 Å². The molecule has 2 aromatic carbocycles. The lowest BCUT2D eigenvalue weighted by molar-refractivity contribution is 0.1000. The maximum absolute atomic E-state index is 11.8. The average molecular weight is 320 g/mol. The number of primary amides is 1. The third-order valence-corrected chi connectivity index (χ3v) is 5.67. The second-order valence-electron chi connectivity index (χ2n) is 6.45. The molecule has 2 rings (SSSR count). The Morgan fingerprint density at radius 2 is 1.61 bits per heavy atom. The van der Waals surface area contributed by atoms with Crippen molar-refractivity contribution in [1.29, 1.82) is 5.26 Å². The van der Waals surface area contributed by atoms with E-state index in [1.165, 1.54) is 0 Å². The van der Waals surface area contributed by atoms with Gasteiger partial charge in [0.05, 0.1) is 19.7 Å². The van der Waals surface area contributed by atoms with Crippen LogP contribution in [0.25, 0.3) is 11.3 Å². The number of benzene rings is 2. The van der Waals surface area contributed by atoms with Gasteiger partial charge in [-0.15, -0.1) is 0 Å². The van der Waals surface area contributed by atoms with E-state index in [0.29, 0.717) is 11.1 Å². The normalized spacial score (nSPS) is 11.8. The average Bonchev–Trinajstić information content (AvgIpc) is 2.52. The van der Waals surface area contributed by atoms with Gasteiger partial charge in [0.15, 0.2) is 0 Å². The molecule has 0 aliphatic heterocycles. The topological polar surface area (TPSA) is 66.9 Å². The standard InChI is InChI=1S/C19H20N2OSi/c1-23(2,3)18(12-14-8-10-15(13-20)11-9-14)16-6-4-5-7-17(16)19(21)22/h4-12H,1-3H3,(H2,21,22)/b18-12-. The number of carbonyl (C=O) groups is 1. The molecule has 116 valence electrons. The van der Waals surface area contributed by atoms with Crippen molar-refractivity contribution in [2.24, 2.45) is 5.73 Å². The van der Waals surface area contributed by atoms with E-state index in [9.17, 15) is 4.79 Å². The van der Waals surface area contributed by atoms with Crippen molar-refractivity contribution < 1.29 is 4.79 Å². The van der Waals surface area contributed by atoms with Crippen molar-refractivity contribution >= 4 is 25.3 Å². The van der Waals surface area contributed by atoms with Crippen molar-refractivity contribution in [1.82, 2.24) is 0 Å². The van der Waals surface area contributed by atoms with Gasteiger partial charge in [0.25, 0.3) is 0 Å². The smallest absolute Gasteiger partial charge is 0.249 e. The van der Waals surface area contributed by atoms with Gasteiger partial charge < -0.3 is 5.73 Å². The van der Waals surface area contributed by atoms with Gasteiger partial charge in [-0.05, 0) is 29.3 Å². The van der Waals surface area contributed by atoms with E-state index in [-0.39, 0.29) is 0 Å². The lowest BCUT2D eigenvalue weighted by Crippen LogP contribution is -2.25. The molecule has 23 heavy (non-hydrogen) atoms. The summed E-state index contributed by atoms with van der Waals surface area (Å²) in [6, 6.07) is 17.0. The molecule has 0 aliphatic rings. The summed E-state index contributed by atoms with van der Waals surface area (Å²) >= 11 is 0. The predicted octanol–water partition coefficient (Wildman–Crippen LogP) is 4.08. The van der Waals surface area contributed by atoms with Crippen LogP contribution in [-0.4, -0.2) is 14.0 Å². The minimum absolute atomic E-state index is 0.412. The first-order valence-corrected chi connectivity index (χ1v) is 10.9. The fourth-order valence-corrected chi connectivity index (χ4v) is 4.08. The molecule has 0 unspecified atom stereocenters. The number of hydrogen-bond donors (Lipinski definition) is 1. The Hall–Kier alpha value is -2.64. The number of amides is 1. The third kappa shape index (κ3) is 3.96. The van der Waals surface area contributed by atoms with Crippen molar-refractivity contribution in [2.75, 3.05) is 0 Å². The zero-order valence-corrected chi connectivity index (χ0v) is 14.6. The molecule has 3 nitrogen and oxygen atoms in total. The van der Waals surface area contributed by atoms with Gasteiger partial charge in [0.1, 0.15) is 0 Å². The number of nitriles is 1. The molecule has 0 spiro atoms. The molecular formula is C19H20N2OSi. The molecule has 0 aliphatic carbocycles. The van der Waals surface area contributed by atoms with Crippen LogP contribution in [-0.2, 0) is 0 Å². The molecule has 0 fully saturated rings. The van der Waals surface area contributed by atoms with Crippen LogP contribution in [0.1, 0.15) is 27.0 Å². The Kier molecular flexibility index (Phi) is 4.82. The highest BCUT2D eigenvalue weighted by atomic mass is 28.3. The van der Waals surface area contributed by atoms with Crippen LogP contribution in [0.4, 0.5) is 0 Å². The summed E-state index contributed by atoms with van der Waals surface area (Å²) in [5, 5.41) is 10.1. The van der Waals surface area contributed by atoms with Gasteiger partial charge in [-0.2, -0.15) is 5.26 Å². The first kappa shape index (κ1) is 16.7. The molecule has 0 bridgehead atoms. The van der Waals surface area contributed by atoms with Crippen LogP contribution < -0.4 is 5.73 Å². The molecule has 0 atom stereocenters. The van der Waals surface area contributed by atoms with Gasteiger partial charge in [0.2, 0.25) is 5.91 Å². The van der Waals surface area contributed by atoms with E-state index in [0.717, 1.165) is 16.3 Å². The SMILES string of the molecule is C[Si](C)(C)/C(=C\c1ccc(C#N)cc1)c1ccccc1C(N)=O. The molecule has 2 aromatic rings. The number of nitrogens with zero attached hydrogens (tertiary/aromatic N) is 1. The third-order valence-electron chi connectivity index (χ3n) is 3.64. The highest BCUT2D eigenvalue weighted by Gasteiger charge is 2.24. The van der Waals surface area contributed by atoms with Crippen molar-refractivity contribution in [3.63, 3.8) is 0 Å². The Morgan fingerprint density at radius 1 is 1.04 bits per heavy atom. The molecule has 0 heterocycles. The summed E-state index contributed by atoms with van der Waals surface area (Å²) < 4.78 is 0. The maximum atomic E-state index is 11.8. The highest BCUT2D eigenvalue weighted by Crippen LogP contribution is 2.30. The van der Waals surface area contributed by atoms with E-state index in [4.69, 9.17) is 11.0 Å². The second-order valence-corrected chi connectivity index (χ2v) is 11.5. The van der Waals surface area contributed by atoms with Gasteiger partial charge in [-0.3, -0.25) is 4.79 Å². The summed E-state index contributed by atoms with van der Waals surface area (Å²) in [6.45, 7) is 6.71. The van der Waals surface area contributed by atoms with Crippen LogP contribution >= 0.6 is 0 Å². The van der Waals surface area contributed by atoms with Crippen LogP contribution in [0.3, 0.4) is 0 Å². The van der Waals surface area contributed by atoms with E-state index >= 15 is 0 Å². The number of carbonyl (C=O) groups excluding carboxylic acids is 1. The fraction of sp³-hybridized carbons (Fsp3) is 0.158. The summed E-state index contributed by atoms with van der Waals surface area (Å²) in [7, 11) is -1.72. The second kappa shape index (κ2) is 6.63. The number of rotatable bonds is 4. The monoisotopic (exact) mass is 320 g/mol. The van der Waals surface area contributed by atoms with Gasteiger partial charge in [0, 0.05) is 5.56 Å². The van der Waals surface area contributed by atoms with Crippen molar-refractivity contribution in [3.8, 4) is 6.07 Å². The van der Waals surface area contributed by atoms with Crippen LogP contribution in [0.5, 0.6) is 0 Å². The zero-order chi connectivity index (χ0) is 17.0. The molecule has 0 aromatic heterocycles. The predicted molar refractivity (Wildman–Crippen MR) is 97.3 cm³/mol. The number of hydrogen-bond acceptors (Lipinski definition) is 2. The Labute approximate surface area is 138 Å². The molecule has 4 heteroatoms. The minimum Gasteiger partial charge on any atom is -0.366 e. The zero-order valence-electron chi connectivity index (χ0n) is 13.6. The van der Waals surface area contributed by atoms with E-state index < -0.39 is 14.0 Å². The first-order chi connectivity index (χ1) is 10.8. The lowest BCUT2D eigenvalue weighted by atomic mass is 10.0. The van der Waals surface area contributed by atoms with Crippen LogP contribution in [0.2, 0.25) is 19.6 Å². The summed E-state index contributed by atoms with van der Waals surface area (Å²) in [6.07, 6.45) is 2.11. The summed E-state index contributed by atoms with van der Waals surface area (Å²) in [5.41, 5.74) is 8.65. The summed E-state index contributed by atoms with van der Waals surface area (Å²) in [5.74, 6) is -0.412. The molecule has 0 saturated heterocycles. The van der Waals surface area contributed by atoms with Crippen molar-refractivity contribution in [3.05, 3.63) is 70.8 Å². The van der Waals surface area contributed by atoms with Gasteiger partial charge in [-0.25, -0.2) is 0 Å². The molecular weight excluding hydrogens is 300 g/mol. The minimum atomic E-state index is -1.72. The lowest BCUT2D eigenvalue weighted by Gasteiger charge is -2.23. The van der Waals surface area contributed by atoms with E-state index in [1.807, 2.05) is 30.3 Å². The van der Waals surface area contributed by atoms with Crippen molar-refractivity contribution in [2.45, 2.75) is 19.6 Å². The molecule has 0 radical (unpaired) electrons. The quantitative estimate of drug-likeness (QED) is 0.681. The van der Waals surface area contributed by atoms with Crippen LogP contribution in [0, 0.1) is 11.3 Å². The molecule has 0 saturated carbocycles. The van der Waals surface area contributed by atoms with Gasteiger partial charge in [-0.1, -0.05) is 61.2 Å². The number of nitrogens with two attached hydrogens (primary N) is 1. The summed E-state index contributed by atoms with van der Waals surface area (Å²) in [4.78, 5) is 11.8. The van der Waals surface area contributed by atoms with Gasteiger partial charge >= 0.3 is 0 Å². The Bertz CT molecular complexity index is 793. The largest absolute Gasteiger partial charge is 0.366 e. The Balaban J connectivity index is 2.61. The first-order valence-electron chi connectivity index (χ1n) is 7.44. The van der Waals surface area contributed by atoms with E-state index in [1.54, 1.807) is 18.2 Å². The fourth-order valence-electron chi connectivity index (χ4n) is 2.45.